The maximum Gasteiger partial charge on any atom is 0.430 e. The number of alkyl halides is 6. The number of piperazine rings is 1. The van der Waals surface area contributed by atoms with Crippen LogP contribution in [0, 0.1) is 0 Å². The van der Waals surface area contributed by atoms with Crippen molar-refractivity contribution in [1.82, 2.24) is 14.8 Å². The summed E-state index contributed by atoms with van der Waals surface area (Å²) in [5.41, 5.74) is -3.83. The van der Waals surface area contributed by atoms with Gasteiger partial charge in [-0.2, -0.15) is 26.3 Å². The molecule has 1 fully saturated rings. The van der Waals surface area contributed by atoms with Crippen molar-refractivity contribution >= 4 is 11.5 Å². The van der Waals surface area contributed by atoms with E-state index in [1.54, 1.807) is 36.7 Å². The number of allylic oxidation sites excluding steroid dienone is 3. The van der Waals surface area contributed by atoms with Crippen molar-refractivity contribution in [2.75, 3.05) is 32.8 Å². The van der Waals surface area contributed by atoms with Gasteiger partial charge in [-0.05, 0) is 46.9 Å². The number of carbonyl (C=O) groups is 1. The first-order chi connectivity index (χ1) is 20.7. The van der Waals surface area contributed by atoms with Crippen molar-refractivity contribution in [2.45, 2.75) is 50.4 Å². The number of pyridine rings is 1. The number of nitrogens with zero attached hydrogens (tertiary/aromatic N) is 3. The monoisotopic (exact) mass is 627 g/mol. The first-order valence-corrected chi connectivity index (χ1v) is 13.8. The summed E-state index contributed by atoms with van der Waals surface area (Å²) in [4.78, 5) is 20.8. The minimum atomic E-state index is -5.98. The number of aliphatic hydroxyl groups excluding tert-OH is 1. The van der Waals surface area contributed by atoms with E-state index in [0.29, 0.717) is 50.4 Å². The van der Waals surface area contributed by atoms with Gasteiger partial charge < -0.3 is 14.9 Å². The molecule has 2 heterocycles. The smallest absolute Gasteiger partial charge is 0.430 e. The fourth-order valence-electron chi connectivity index (χ4n) is 4.92. The van der Waals surface area contributed by atoms with Crippen molar-refractivity contribution in [3.05, 3.63) is 95.9 Å². The number of ether oxygens (including phenoxy) is 1. The Morgan fingerprint density at radius 2 is 1.61 bits per heavy atom. The van der Waals surface area contributed by atoms with Gasteiger partial charge in [0, 0.05) is 51.2 Å². The summed E-state index contributed by atoms with van der Waals surface area (Å²) < 4.78 is 84.7. The Bertz CT molecular complexity index is 1300. The zero-order valence-electron chi connectivity index (χ0n) is 24.1. The first kappa shape index (κ1) is 35.0. The predicted molar refractivity (Wildman–Crippen MR) is 152 cm³/mol. The minimum Gasteiger partial charge on any atom is -0.463 e. The van der Waals surface area contributed by atoms with Gasteiger partial charge in [-0.1, -0.05) is 49.1 Å². The van der Waals surface area contributed by atoms with Crippen molar-refractivity contribution in [1.29, 1.82) is 0 Å². The van der Waals surface area contributed by atoms with Crippen LogP contribution in [0.3, 0.4) is 0 Å². The topological polar surface area (TPSA) is 86.1 Å². The maximum atomic E-state index is 13.3. The largest absolute Gasteiger partial charge is 0.463 e. The van der Waals surface area contributed by atoms with Crippen LogP contribution in [-0.2, 0) is 22.6 Å². The zero-order chi connectivity index (χ0) is 32.5. The first-order valence-electron chi connectivity index (χ1n) is 13.8. The number of hydrogen-bond donors (Lipinski definition) is 2. The fourth-order valence-corrected chi connectivity index (χ4v) is 4.92. The molecule has 1 aliphatic heterocycles. The van der Waals surface area contributed by atoms with Gasteiger partial charge in [-0.25, -0.2) is 0 Å². The van der Waals surface area contributed by atoms with E-state index in [9.17, 15) is 36.2 Å². The van der Waals surface area contributed by atoms with Crippen molar-refractivity contribution < 1.29 is 46.1 Å². The SMILES string of the molecule is C=C(/C=C\C(=C/C)C(O)(C(F)(F)F)C(F)(F)F)c1ccc(CN2CCN(Cc3ccncc3)[C@@H](CC(=O)OCCO)C2)cc1. The molecule has 13 heteroatoms. The summed E-state index contributed by atoms with van der Waals surface area (Å²) in [5.74, 6) is -0.411. The van der Waals surface area contributed by atoms with Crippen LogP contribution in [0.2, 0.25) is 0 Å². The normalized spacial score (nSPS) is 17.7. The summed E-state index contributed by atoms with van der Waals surface area (Å²) in [5, 5.41) is 18.6. The van der Waals surface area contributed by atoms with Crippen molar-refractivity contribution in [2.24, 2.45) is 0 Å². The molecular formula is C31H35F6N3O4. The third kappa shape index (κ3) is 8.78. The third-order valence-corrected chi connectivity index (χ3v) is 7.32. The average Bonchev–Trinajstić information content (AvgIpc) is 2.97. The Morgan fingerprint density at radius 3 is 2.18 bits per heavy atom. The molecule has 1 atom stereocenters. The number of benzene rings is 1. The molecule has 240 valence electrons. The fraction of sp³-hybridized carbons (Fsp3) is 0.419. The molecule has 0 bridgehead atoms. The molecule has 44 heavy (non-hydrogen) atoms. The van der Waals surface area contributed by atoms with Gasteiger partial charge >= 0.3 is 18.3 Å². The van der Waals surface area contributed by atoms with Crippen LogP contribution in [0.15, 0.2) is 79.2 Å². The Hall–Kier alpha value is -3.52. The van der Waals surface area contributed by atoms with E-state index in [1.807, 2.05) is 12.1 Å². The summed E-state index contributed by atoms with van der Waals surface area (Å²) in [6.45, 7) is 7.47. The Morgan fingerprint density at radius 1 is 1.00 bits per heavy atom. The van der Waals surface area contributed by atoms with Crippen molar-refractivity contribution in [3.8, 4) is 0 Å². The Kier molecular flexibility index (Phi) is 11.9. The lowest BCUT2D eigenvalue weighted by Crippen LogP contribution is -2.57. The molecular weight excluding hydrogens is 592 g/mol. The summed E-state index contributed by atoms with van der Waals surface area (Å²) >= 11 is 0. The van der Waals surface area contributed by atoms with Crippen molar-refractivity contribution in [3.63, 3.8) is 0 Å². The van der Waals surface area contributed by atoms with E-state index < -0.39 is 29.5 Å². The summed E-state index contributed by atoms with van der Waals surface area (Å²) in [6.07, 6.45) is -6.30. The lowest BCUT2D eigenvalue weighted by atomic mass is 9.90. The van der Waals surface area contributed by atoms with Crippen LogP contribution in [0.1, 0.15) is 30.0 Å². The average molecular weight is 628 g/mol. The zero-order valence-corrected chi connectivity index (χ0v) is 24.1. The van der Waals surface area contributed by atoms with Gasteiger partial charge in [0.1, 0.15) is 6.61 Å². The molecule has 2 aromatic rings. The van der Waals surface area contributed by atoms with Crippen LogP contribution in [-0.4, -0.2) is 87.8 Å². The Balaban J connectivity index is 1.68. The van der Waals surface area contributed by atoms with E-state index >= 15 is 0 Å². The lowest BCUT2D eigenvalue weighted by molar-refractivity contribution is -0.351. The van der Waals surface area contributed by atoms with Gasteiger partial charge in [0.15, 0.2) is 0 Å². The van der Waals surface area contributed by atoms with Gasteiger partial charge in [-0.15, -0.1) is 0 Å². The summed E-state index contributed by atoms with van der Waals surface area (Å²) in [6, 6.07) is 10.5. The molecule has 0 saturated carbocycles. The number of esters is 1. The van der Waals surface area contributed by atoms with E-state index in [0.717, 1.165) is 24.1 Å². The van der Waals surface area contributed by atoms with E-state index in [4.69, 9.17) is 9.84 Å². The Labute approximate surface area is 251 Å². The van der Waals surface area contributed by atoms with Crippen LogP contribution in [0.25, 0.3) is 5.57 Å². The second-order valence-corrected chi connectivity index (χ2v) is 10.4. The lowest BCUT2D eigenvalue weighted by Gasteiger charge is -2.41. The molecule has 0 spiro atoms. The molecule has 2 N–H and O–H groups in total. The number of carbonyl (C=O) groups excluding carboxylic acids is 1. The predicted octanol–water partition coefficient (Wildman–Crippen LogP) is 5.07. The molecule has 0 radical (unpaired) electrons. The number of aliphatic hydroxyl groups is 2. The number of halogens is 6. The number of aromatic nitrogens is 1. The van der Waals surface area contributed by atoms with Gasteiger partial charge in [-0.3, -0.25) is 19.6 Å². The summed E-state index contributed by atoms with van der Waals surface area (Å²) in [7, 11) is 0. The highest BCUT2D eigenvalue weighted by Gasteiger charge is 2.71. The molecule has 1 aromatic carbocycles. The molecule has 0 unspecified atom stereocenters. The molecule has 0 aliphatic carbocycles. The second-order valence-electron chi connectivity index (χ2n) is 10.4. The van der Waals surface area contributed by atoms with Crippen LogP contribution < -0.4 is 0 Å². The second kappa shape index (κ2) is 15.0. The molecule has 1 aliphatic rings. The standard InChI is InChI=1S/C31H35F6N3O4/c1-3-26(29(43,30(32,33)34)31(35,36)37)9-4-22(2)25-7-5-23(6-8-25)19-39-14-15-40(20-24-10-12-38-13-11-24)27(21-39)18-28(42)44-17-16-41/h3-13,27,41,43H,2,14-21H2,1H3/b9-4-,26-3+/t27-/m0/s1. The van der Waals surface area contributed by atoms with Crippen LogP contribution in [0.5, 0.6) is 0 Å². The van der Waals surface area contributed by atoms with Gasteiger partial charge in [0.2, 0.25) is 0 Å². The highest BCUT2D eigenvalue weighted by Crippen LogP contribution is 2.48. The highest BCUT2D eigenvalue weighted by molar-refractivity contribution is 5.73. The molecule has 0 amide bonds. The minimum absolute atomic E-state index is 0.0754. The van der Waals surface area contributed by atoms with Gasteiger partial charge in [0.05, 0.1) is 13.0 Å². The maximum absolute atomic E-state index is 13.3. The van der Waals surface area contributed by atoms with E-state index in [-0.39, 0.29) is 31.2 Å². The quantitative estimate of drug-likeness (QED) is 0.193. The van der Waals surface area contributed by atoms with E-state index in [2.05, 4.69) is 21.4 Å². The highest BCUT2D eigenvalue weighted by atomic mass is 19.4. The molecule has 1 saturated heterocycles. The van der Waals surface area contributed by atoms with Gasteiger partial charge in [0.25, 0.3) is 5.60 Å². The van der Waals surface area contributed by atoms with Crippen LogP contribution in [0.4, 0.5) is 26.3 Å². The molecule has 1 aromatic heterocycles. The molecule has 3 rings (SSSR count). The van der Waals surface area contributed by atoms with E-state index in [1.165, 1.54) is 0 Å². The number of rotatable bonds is 12. The number of hydrogen-bond acceptors (Lipinski definition) is 7. The van der Waals surface area contributed by atoms with Crippen LogP contribution >= 0.6 is 0 Å². The molecule has 7 nitrogen and oxygen atoms in total. The third-order valence-electron chi connectivity index (χ3n) is 7.32.